The summed E-state index contributed by atoms with van der Waals surface area (Å²) in [6.45, 7) is 13.7. The second kappa shape index (κ2) is 21.6. The first-order valence-corrected chi connectivity index (χ1v) is 32.5. The number of aromatic nitrogens is 2. The molecule has 22 heteroatoms. The molecule has 4 aliphatic heterocycles. The van der Waals surface area contributed by atoms with Crippen molar-refractivity contribution < 1.29 is 42.9 Å². The number of carbonyl (C=O) groups excluding carboxylic acids is 1. The Morgan fingerprint density at radius 3 is 1.73 bits per heavy atom. The molecule has 0 unspecified atom stereocenters. The smallest absolute Gasteiger partial charge is 0.268 e. The standard InChI is InChI=1S/C36H37N5O5S2.C22H20FN3O4S2/c1-25-9-12-30(13-10-25)48(45,46)41-34(27-15-19-39(20-16-27)47(2,43)44)22-32-33(14-11-28(23-37)35(32)41)38-18-5-7-29(24-38)40-21-17-26-6-3-4-8-31(26)36(40)42;1-15-4-6-17(7-5-15)32(29,30)26-21(16-10-12-25(13-11-16)31(3,27)28)14-18-19(23)8-9-20(24-2)22(18)26/h3-4,6,8-15,22,29H,5,7,16-21,24H2,1-2H3;4-10,14H,11-13H2,1,3H3/t29-;/m1./s1. The molecule has 1 fully saturated rings. The molecule has 0 N–H and O–H groups in total. The van der Waals surface area contributed by atoms with Crippen LogP contribution in [0.5, 0.6) is 0 Å². The maximum Gasteiger partial charge on any atom is 0.268 e. The van der Waals surface area contributed by atoms with Crippen molar-refractivity contribution in [2.24, 2.45) is 0 Å². The second-order valence-corrected chi connectivity index (χ2v) is 28.1. The van der Waals surface area contributed by atoms with Crippen molar-refractivity contribution >= 4 is 90.3 Å². The molecule has 0 saturated carbocycles. The van der Waals surface area contributed by atoms with Gasteiger partial charge in [-0.15, -0.1) is 0 Å². The number of nitriles is 1. The number of benzene rings is 5. The Bertz CT molecular complexity index is 4290. The zero-order valence-corrected chi connectivity index (χ0v) is 47.6. The Labute approximate surface area is 466 Å². The van der Waals surface area contributed by atoms with Crippen molar-refractivity contribution in [1.82, 2.24) is 21.5 Å². The van der Waals surface area contributed by atoms with E-state index in [4.69, 9.17) is 6.57 Å². The van der Waals surface area contributed by atoms with Crippen LogP contribution in [0.3, 0.4) is 0 Å². The molecule has 6 heterocycles. The Hall–Kier alpha value is -7.44. The Morgan fingerprint density at radius 2 is 1.20 bits per heavy atom. The van der Waals surface area contributed by atoms with Gasteiger partial charge < -0.3 is 9.80 Å². The SMILES string of the molecule is Cc1ccc(S(=O)(=O)n2c(C3=CCN(S(C)(=O)=O)CC3)cc3c(N4CCC[C@@H](N5CCc6ccccc6C5=O)C4)ccc(C#N)c32)cc1.[C-]#[N+]c1ccc(F)c2cc(C3=CCN(S(C)(=O)=O)CC3)n(S(=O)(=O)c3ccc(C)cc3)c12. The summed E-state index contributed by atoms with van der Waals surface area (Å²) in [6, 6.07) is 32.1. The molecule has 17 nitrogen and oxygen atoms in total. The summed E-state index contributed by atoms with van der Waals surface area (Å²) >= 11 is 0. The molecule has 4 aliphatic rings. The van der Waals surface area contributed by atoms with E-state index in [9.17, 15) is 48.1 Å². The van der Waals surface area contributed by atoms with Crippen molar-refractivity contribution in [2.45, 2.75) is 61.8 Å². The van der Waals surface area contributed by atoms with Crippen LogP contribution < -0.4 is 4.90 Å². The van der Waals surface area contributed by atoms with Gasteiger partial charge in [-0.2, -0.15) is 13.9 Å². The zero-order valence-electron chi connectivity index (χ0n) is 44.4. The van der Waals surface area contributed by atoms with Crippen molar-refractivity contribution in [1.29, 1.82) is 5.26 Å². The fourth-order valence-corrected chi connectivity index (χ4v) is 15.8. The van der Waals surface area contributed by atoms with Crippen LogP contribution in [-0.4, -0.2) is 125 Å². The summed E-state index contributed by atoms with van der Waals surface area (Å²) < 4.78 is 124. The van der Waals surface area contributed by atoms with Gasteiger partial charge >= 0.3 is 0 Å². The topological polar surface area (TPSA) is 205 Å². The second-order valence-electron chi connectivity index (χ2n) is 20.5. The molecule has 0 radical (unpaired) electrons. The fourth-order valence-electron chi connectivity index (χ4n) is 11.1. The molecule has 1 atom stereocenters. The van der Waals surface area contributed by atoms with E-state index in [2.05, 4.69) is 15.8 Å². The number of halogens is 1. The average molecular weight is 1160 g/mol. The maximum absolute atomic E-state index is 14.7. The van der Waals surface area contributed by atoms with Crippen molar-refractivity contribution in [3.05, 3.63) is 178 Å². The third-order valence-corrected chi connectivity index (χ3v) is 21.3. The quantitative estimate of drug-likeness (QED) is 0.119. The van der Waals surface area contributed by atoms with Crippen LogP contribution in [0.4, 0.5) is 15.8 Å². The van der Waals surface area contributed by atoms with Crippen LogP contribution in [0.2, 0.25) is 0 Å². The first-order chi connectivity index (χ1) is 38.0. The number of aryl methyl sites for hydroxylation is 2. The first-order valence-electron chi connectivity index (χ1n) is 25.9. The van der Waals surface area contributed by atoms with Gasteiger partial charge in [0.1, 0.15) is 11.9 Å². The molecule has 7 aromatic rings. The largest absolute Gasteiger partial charge is 0.369 e. The highest BCUT2D eigenvalue weighted by Crippen LogP contribution is 2.41. The van der Waals surface area contributed by atoms with Crippen LogP contribution in [0.15, 0.2) is 131 Å². The fraction of sp³-hybridized carbons (Fsp3) is 0.293. The van der Waals surface area contributed by atoms with Gasteiger partial charge in [-0.25, -0.2) is 50.9 Å². The molecular weight excluding hydrogens is 1100 g/mol. The highest BCUT2D eigenvalue weighted by molar-refractivity contribution is 7.90. The number of hydrogen-bond acceptors (Lipinski definition) is 11. The van der Waals surface area contributed by atoms with Gasteiger partial charge in [-0.3, -0.25) is 4.79 Å². The summed E-state index contributed by atoms with van der Waals surface area (Å²) in [7, 11) is -15.2. The lowest BCUT2D eigenvalue weighted by atomic mass is 9.95. The van der Waals surface area contributed by atoms with E-state index in [-0.39, 0.29) is 82.2 Å². The number of carbonyl (C=O) groups is 1. The van der Waals surface area contributed by atoms with Crippen LogP contribution in [0, 0.1) is 37.6 Å². The molecule has 0 aliphatic carbocycles. The number of amides is 1. The number of anilines is 1. The molecule has 2 aromatic heterocycles. The molecule has 0 bridgehead atoms. The minimum atomic E-state index is -4.18. The number of rotatable bonds is 10. The van der Waals surface area contributed by atoms with E-state index in [1.165, 1.54) is 36.8 Å². The van der Waals surface area contributed by atoms with Crippen LogP contribution in [0.25, 0.3) is 37.8 Å². The van der Waals surface area contributed by atoms with Crippen LogP contribution in [-0.2, 0) is 46.5 Å². The van der Waals surface area contributed by atoms with E-state index < -0.39 is 45.9 Å². The Morgan fingerprint density at radius 1 is 0.650 bits per heavy atom. The molecule has 1 saturated heterocycles. The lowest BCUT2D eigenvalue weighted by Crippen LogP contribution is -2.52. The summed E-state index contributed by atoms with van der Waals surface area (Å²) in [5.74, 6) is -0.598. The first kappa shape index (κ1) is 55.9. The van der Waals surface area contributed by atoms with E-state index in [1.807, 2.05) is 55.1 Å². The van der Waals surface area contributed by atoms with Gasteiger partial charge in [-0.05, 0) is 123 Å². The minimum absolute atomic E-state index is 0.0104. The number of piperidine rings is 1. The van der Waals surface area contributed by atoms with Crippen LogP contribution >= 0.6 is 0 Å². The summed E-state index contributed by atoms with van der Waals surface area (Å²) in [4.78, 5) is 21.3. The monoisotopic (exact) mass is 1160 g/mol. The molecule has 5 aromatic carbocycles. The van der Waals surface area contributed by atoms with E-state index in [0.29, 0.717) is 53.8 Å². The molecule has 1 amide bonds. The van der Waals surface area contributed by atoms with Crippen LogP contribution in [0.1, 0.15) is 69.7 Å². The molecular formula is C58H57FN8O9S4. The summed E-state index contributed by atoms with van der Waals surface area (Å²) in [5, 5.41) is 10.9. The highest BCUT2D eigenvalue weighted by atomic mass is 32.2. The highest BCUT2D eigenvalue weighted by Gasteiger charge is 2.36. The number of hydrogen-bond donors (Lipinski definition) is 0. The number of sulfonamides is 2. The van der Waals surface area contributed by atoms with Gasteiger partial charge in [0, 0.05) is 73.9 Å². The van der Waals surface area contributed by atoms with Gasteiger partial charge in [0.2, 0.25) is 25.7 Å². The van der Waals surface area contributed by atoms with Crippen molar-refractivity contribution in [2.75, 3.05) is 63.2 Å². The number of nitrogens with zero attached hydrogens (tertiary/aromatic N) is 8. The third-order valence-electron chi connectivity index (χ3n) is 15.4. The van der Waals surface area contributed by atoms with Gasteiger partial charge in [0.15, 0.2) is 0 Å². The third kappa shape index (κ3) is 10.5. The predicted octanol–water partition coefficient (Wildman–Crippen LogP) is 8.70. The van der Waals surface area contributed by atoms with Crippen molar-refractivity contribution in [3.8, 4) is 6.07 Å². The van der Waals surface area contributed by atoms with Gasteiger partial charge in [-0.1, -0.05) is 71.8 Å². The molecule has 0 spiro atoms. The minimum Gasteiger partial charge on any atom is -0.369 e. The predicted molar refractivity (Wildman–Crippen MR) is 307 cm³/mol. The van der Waals surface area contributed by atoms with E-state index >= 15 is 0 Å². The normalized spacial score (nSPS) is 17.7. The number of fused-ring (bicyclic) bond motifs is 3. The average Bonchev–Trinajstić information content (AvgIpc) is 4.27. The molecule has 414 valence electrons. The lowest BCUT2D eigenvalue weighted by Gasteiger charge is -2.42. The Balaban J connectivity index is 0.000000196. The Kier molecular flexibility index (Phi) is 15.1. The van der Waals surface area contributed by atoms with Gasteiger partial charge in [0.25, 0.3) is 26.0 Å². The lowest BCUT2D eigenvalue weighted by molar-refractivity contribution is 0.0641. The maximum atomic E-state index is 14.7. The van der Waals surface area contributed by atoms with E-state index in [0.717, 1.165) is 69.8 Å². The van der Waals surface area contributed by atoms with E-state index in [1.54, 1.807) is 54.6 Å². The molecule has 80 heavy (non-hydrogen) atoms. The summed E-state index contributed by atoms with van der Waals surface area (Å²) in [5.41, 5.74) is 6.83. The summed E-state index contributed by atoms with van der Waals surface area (Å²) in [6.07, 6.45) is 8.75. The molecule has 11 rings (SSSR count). The van der Waals surface area contributed by atoms with Crippen molar-refractivity contribution in [3.63, 3.8) is 0 Å². The zero-order chi connectivity index (χ0) is 57.1. The van der Waals surface area contributed by atoms with Gasteiger partial charge in [0.05, 0.1) is 56.9 Å².